The van der Waals surface area contributed by atoms with Gasteiger partial charge >= 0.3 is 0 Å². The van der Waals surface area contributed by atoms with E-state index in [0.29, 0.717) is 23.4 Å². The van der Waals surface area contributed by atoms with Crippen LogP contribution in [0, 0.1) is 6.92 Å². The normalized spacial score (nSPS) is 17.1. The number of nitrogens with zero attached hydrogens (tertiary/aromatic N) is 2. The first-order chi connectivity index (χ1) is 18.5. The highest BCUT2D eigenvalue weighted by Gasteiger charge is 2.26. The van der Waals surface area contributed by atoms with Crippen molar-refractivity contribution in [1.82, 2.24) is 0 Å². The molecule has 1 fully saturated rings. The van der Waals surface area contributed by atoms with Crippen LogP contribution < -0.4 is 15.0 Å². The molecule has 3 aromatic carbocycles. The Hall–Kier alpha value is -4.13. The van der Waals surface area contributed by atoms with Crippen LogP contribution in [-0.4, -0.2) is 31.2 Å². The molecule has 1 heterocycles. The average Bonchev–Trinajstić information content (AvgIpc) is 2.93. The molecule has 1 N–H and O–H groups in total. The zero-order valence-electron chi connectivity index (χ0n) is 21.9. The molecule has 1 atom stereocenters. The number of carbonyl (C=O) groups is 2. The molecule has 0 saturated carbocycles. The van der Waals surface area contributed by atoms with Crippen molar-refractivity contribution >= 4 is 28.9 Å². The van der Waals surface area contributed by atoms with E-state index in [4.69, 9.17) is 9.57 Å². The summed E-state index contributed by atoms with van der Waals surface area (Å²) < 4.78 is 6.24. The minimum absolute atomic E-state index is 0.125. The van der Waals surface area contributed by atoms with Gasteiger partial charge in [-0.3, -0.25) is 9.59 Å². The molecule has 1 unspecified atom stereocenters. The number of hydrogen-bond donors (Lipinski definition) is 1. The fourth-order valence-electron chi connectivity index (χ4n) is 5.24. The highest BCUT2D eigenvalue weighted by molar-refractivity contribution is 6.00. The summed E-state index contributed by atoms with van der Waals surface area (Å²) in [5.74, 6) is 1.26. The summed E-state index contributed by atoms with van der Waals surface area (Å²) in [6, 6.07) is 20.8. The summed E-state index contributed by atoms with van der Waals surface area (Å²) in [4.78, 5) is 33.2. The van der Waals surface area contributed by atoms with Crippen molar-refractivity contribution < 1.29 is 19.2 Å². The van der Waals surface area contributed by atoms with Gasteiger partial charge in [0.05, 0.1) is 0 Å². The highest BCUT2D eigenvalue weighted by Crippen LogP contribution is 2.31. The van der Waals surface area contributed by atoms with E-state index in [2.05, 4.69) is 15.4 Å². The fraction of sp³-hybridized carbons (Fsp3) is 0.323. The van der Waals surface area contributed by atoms with Crippen molar-refractivity contribution in [2.45, 2.75) is 51.6 Å². The SMILES string of the molecule is CON=C1CCCCN1c1ccc(NC(=O)C(Oc2ccc3c(c2)C(=O)CCC3)c2ccccc2)cc1C. The molecule has 1 saturated heterocycles. The number of benzene rings is 3. The summed E-state index contributed by atoms with van der Waals surface area (Å²) >= 11 is 0. The van der Waals surface area contributed by atoms with Crippen LogP contribution in [-0.2, 0) is 16.1 Å². The van der Waals surface area contributed by atoms with Crippen molar-refractivity contribution in [3.05, 3.63) is 89.0 Å². The summed E-state index contributed by atoms with van der Waals surface area (Å²) in [5.41, 5.74) is 5.23. The van der Waals surface area contributed by atoms with Gasteiger partial charge in [0, 0.05) is 41.9 Å². The molecule has 7 heteroatoms. The largest absolute Gasteiger partial charge is 0.476 e. The molecule has 3 aromatic rings. The topological polar surface area (TPSA) is 80.2 Å². The van der Waals surface area contributed by atoms with Gasteiger partial charge in [-0.25, -0.2) is 0 Å². The molecule has 0 radical (unpaired) electrons. The van der Waals surface area contributed by atoms with E-state index in [9.17, 15) is 9.59 Å². The summed E-state index contributed by atoms with van der Waals surface area (Å²) in [6.45, 7) is 2.90. The maximum atomic E-state index is 13.6. The monoisotopic (exact) mass is 511 g/mol. The number of ketones is 1. The van der Waals surface area contributed by atoms with Crippen LogP contribution in [0.5, 0.6) is 5.75 Å². The van der Waals surface area contributed by atoms with Crippen molar-refractivity contribution in [1.29, 1.82) is 0 Å². The van der Waals surface area contributed by atoms with Gasteiger partial charge in [0.1, 0.15) is 18.7 Å². The van der Waals surface area contributed by atoms with Crippen LogP contribution in [0.3, 0.4) is 0 Å². The Labute approximate surface area is 223 Å². The van der Waals surface area contributed by atoms with Gasteiger partial charge < -0.3 is 19.8 Å². The lowest BCUT2D eigenvalue weighted by molar-refractivity contribution is -0.123. The minimum Gasteiger partial charge on any atom is -0.476 e. The predicted octanol–water partition coefficient (Wildman–Crippen LogP) is 6.22. The second-order valence-corrected chi connectivity index (χ2v) is 9.79. The first-order valence-electron chi connectivity index (χ1n) is 13.2. The van der Waals surface area contributed by atoms with E-state index < -0.39 is 6.10 Å². The van der Waals surface area contributed by atoms with Gasteiger partial charge in [0.15, 0.2) is 5.78 Å². The number of amides is 1. The Balaban J connectivity index is 1.37. The Morgan fingerprint density at radius 2 is 1.82 bits per heavy atom. The lowest BCUT2D eigenvalue weighted by Gasteiger charge is -2.31. The minimum atomic E-state index is -0.879. The first kappa shape index (κ1) is 25.5. The third-order valence-corrected chi connectivity index (χ3v) is 7.12. The van der Waals surface area contributed by atoms with Gasteiger partial charge in [-0.05, 0) is 74.1 Å². The number of piperidine rings is 1. The number of anilines is 2. The first-order valence-corrected chi connectivity index (χ1v) is 13.2. The van der Waals surface area contributed by atoms with E-state index in [1.165, 1.54) is 0 Å². The molecule has 2 aliphatic rings. The quantitative estimate of drug-likeness (QED) is 0.381. The van der Waals surface area contributed by atoms with Gasteiger partial charge in [0.2, 0.25) is 6.10 Å². The number of carbonyl (C=O) groups excluding carboxylic acids is 2. The van der Waals surface area contributed by atoms with E-state index in [1.54, 1.807) is 13.2 Å². The predicted molar refractivity (Wildman–Crippen MR) is 149 cm³/mol. The Kier molecular flexibility index (Phi) is 7.73. The van der Waals surface area contributed by atoms with Gasteiger partial charge in [-0.15, -0.1) is 0 Å². The standard InChI is InChI=1S/C31H33N3O4/c1-21-19-24(15-17-27(21)34-18-7-6-13-29(34)33-37-2)32-31(36)30(23-9-4-3-5-10-23)38-25-16-14-22-11-8-12-28(35)26(22)20-25/h3-5,9-10,14-17,19-20,30H,6-8,11-13,18H2,1-2H3,(H,32,36). The van der Waals surface area contributed by atoms with Crippen molar-refractivity contribution in [2.75, 3.05) is 23.9 Å². The number of nitrogens with one attached hydrogen (secondary N) is 1. The molecule has 5 rings (SSSR count). The van der Waals surface area contributed by atoms with E-state index in [0.717, 1.165) is 66.9 Å². The number of hydrogen-bond acceptors (Lipinski definition) is 5. The number of amidine groups is 1. The number of rotatable bonds is 7. The van der Waals surface area contributed by atoms with E-state index >= 15 is 0 Å². The Morgan fingerprint density at radius 1 is 0.974 bits per heavy atom. The Morgan fingerprint density at radius 3 is 2.61 bits per heavy atom. The van der Waals surface area contributed by atoms with Crippen molar-refractivity contribution in [3.63, 3.8) is 0 Å². The van der Waals surface area contributed by atoms with E-state index in [-0.39, 0.29) is 11.7 Å². The molecule has 0 aromatic heterocycles. The van der Waals surface area contributed by atoms with Crippen molar-refractivity contribution in [2.24, 2.45) is 5.16 Å². The third-order valence-electron chi connectivity index (χ3n) is 7.12. The molecule has 0 spiro atoms. The summed E-state index contributed by atoms with van der Waals surface area (Å²) in [6.07, 6.45) is 4.47. The number of Topliss-reactive ketones (excluding diaryl/α,β-unsaturated/α-hetero) is 1. The summed E-state index contributed by atoms with van der Waals surface area (Å²) in [7, 11) is 1.57. The third kappa shape index (κ3) is 5.57. The molecule has 1 aliphatic carbocycles. The van der Waals surface area contributed by atoms with Gasteiger partial charge in [-0.2, -0.15) is 0 Å². The van der Waals surface area contributed by atoms with Crippen LogP contribution in [0.1, 0.15) is 65.3 Å². The molecule has 0 bridgehead atoms. The Bertz CT molecular complexity index is 1350. The van der Waals surface area contributed by atoms with Crippen LogP contribution in [0.15, 0.2) is 71.9 Å². The zero-order valence-corrected chi connectivity index (χ0v) is 21.9. The van der Waals surface area contributed by atoms with E-state index in [1.807, 2.05) is 67.6 Å². The number of oxime groups is 1. The van der Waals surface area contributed by atoms with Crippen LogP contribution in [0.4, 0.5) is 11.4 Å². The van der Waals surface area contributed by atoms with Gasteiger partial charge in [-0.1, -0.05) is 41.6 Å². The second kappa shape index (κ2) is 11.5. The maximum absolute atomic E-state index is 13.6. The zero-order chi connectivity index (χ0) is 26.5. The van der Waals surface area contributed by atoms with Crippen LogP contribution in [0.25, 0.3) is 0 Å². The molecule has 1 aliphatic heterocycles. The number of fused-ring (bicyclic) bond motifs is 1. The lowest BCUT2D eigenvalue weighted by atomic mass is 9.90. The number of aryl methyl sites for hydroxylation is 2. The second-order valence-electron chi connectivity index (χ2n) is 9.79. The fourth-order valence-corrected chi connectivity index (χ4v) is 5.24. The smallest absolute Gasteiger partial charge is 0.270 e. The van der Waals surface area contributed by atoms with Crippen molar-refractivity contribution in [3.8, 4) is 5.75 Å². The maximum Gasteiger partial charge on any atom is 0.270 e. The molecule has 196 valence electrons. The summed E-state index contributed by atoms with van der Waals surface area (Å²) in [5, 5.41) is 7.25. The molecular weight excluding hydrogens is 478 g/mol. The average molecular weight is 512 g/mol. The molecule has 7 nitrogen and oxygen atoms in total. The highest BCUT2D eigenvalue weighted by atomic mass is 16.6. The van der Waals surface area contributed by atoms with Gasteiger partial charge in [0.25, 0.3) is 5.91 Å². The lowest BCUT2D eigenvalue weighted by Crippen LogP contribution is -2.36. The molecule has 38 heavy (non-hydrogen) atoms. The van der Waals surface area contributed by atoms with Crippen LogP contribution in [0.2, 0.25) is 0 Å². The van der Waals surface area contributed by atoms with Crippen LogP contribution >= 0.6 is 0 Å². The number of ether oxygens (including phenoxy) is 1. The molecule has 1 amide bonds. The molecular formula is C31H33N3O4.